The fourth-order valence-corrected chi connectivity index (χ4v) is 2.02. The van der Waals surface area contributed by atoms with E-state index in [2.05, 4.69) is 8.92 Å². The first-order valence-corrected chi connectivity index (χ1v) is 6.78. The van der Waals surface area contributed by atoms with Gasteiger partial charge in [-0.05, 0) is 13.0 Å². The standard InChI is InChI=1S/C11H11F3O6S/c1-6-8(10(16)19-2)4-3-7(5-15)9(6)20-21(17,18)11(12,13)14/h3-4,15H,5H2,1-2H3. The molecule has 0 amide bonds. The lowest BCUT2D eigenvalue weighted by molar-refractivity contribution is -0.0500. The average Bonchev–Trinajstić information content (AvgIpc) is 2.38. The number of methoxy groups -OCH3 is 1. The molecule has 0 unspecified atom stereocenters. The van der Waals surface area contributed by atoms with E-state index >= 15 is 0 Å². The molecule has 10 heteroatoms. The molecular formula is C11H11F3O6S. The molecule has 1 N–H and O–H groups in total. The van der Waals surface area contributed by atoms with Crippen LogP contribution in [0, 0.1) is 6.92 Å². The van der Waals surface area contributed by atoms with Crippen LogP contribution in [0.2, 0.25) is 0 Å². The zero-order valence-electron chi connectivity index (χ0n) is 10.9. The van der Waals surface area contributed by atoms with Gasteiger partial charge in [-0.25, -0.2) is 4.79 Å². The molecule has 0 bridgehead atoms. The highest BCUT2D eigenvalue weighted by Gasteiger charge is 2.49. The van der Waals surface area contributed by atoms with Crippen LogP contribution in [0.1, 0.15) is 21.5 Å². The van der Waals surface area contributed by atoms with E-state index in [1.165, 1.54) is 13.0 Å². The summed E-state index contributed by atoms with van der Waals surface area (Å²) in [5, 5.41) is 9.06. The van der Waals surface area contributed by atoms with Crippen molar-refractivity contribution < 1.29 is 40.4 Å². The van der Waals surface area contributed by atoms with Gasteiger partial charge in [-0.15, -0.1) is 0 Å². The lowest BCUT2D eigenvalue weighted by atomic mass is 10.0. The molecule has 0 atom stereocenters. The highest BCUT2D eigenvalue weighted by molar-refractivity contribution is 7.88. The van der Waals surface area contributed by atoms with Gasteiger partial charge in [0.25, 0.3) is 0 Å². The molecule has 0 fully saturated rings. The van der Waals surface area contributed by atoms with E-state index in [-0.39, 0.29) is 16.7 Å². The molecule has 0 aliphatic carbocycles. The zero-order chi connectivity index (χ0) is 16.4. The number of carbonyl (C=O) groups excluding carboxylic acids is 1. The predicted octanol–water partition coefficient (Wildman–Crippen LogP) is 1.50. The molecule has 0 saturated carbocycles. The number of aliphatic hydroxyl groups excluding tert-OH is 1. The maximum Gasteiger partial charge on any atom is 0.534 e. The summed E-state index contributed by atoms with van der Waals surface area (Å²) in [5.41, 5.74) is -6.22. The van der Waals surface area contributed by atoms with Crippen molar-refractivity contribution in [3.63, 3.8) is 0 Å². The molecule has 0 heterocycles. The third-order valence-electron chi connectivity index (χ3n) is 2.54. The van der Waals surface area contributed by atoms with Crippen molar-refractivity contribution in [2.75, 3.05) is 7.11 Å². The van der Waals surface area contributed by atoms with Crippen LogP contribution < -0.4 is 4.18 Å². The summed E-state index contributed by atoms with van der Waals surface area (Å²) in [6.07, 6.45) is 0. The Morgan fingerprint density at radius 2 is 1.90 bits per heavy atom. The molecule has 6 nitrogen and oxygen atoms in total. The highest BCUT2D eigenvalue weighted by atomic mass is 32.2. The minimum absolute atomic E-state index is 0.179. The van der Waals surface area contributed by atoms with Gasteiger partial charge < -0.3 is 14.0 Å². The minimum Gasteiger partial charge on any atom is -0.465 e. The van der Waals surface area contributed by atoms with Crippen LogP contribution in [0.25, 0.3) is 0 Å². The smallest absolute Gasteiger partial charge is 0.465 e. The fraction of sp³-hybridized carbons (Fsp3) is 0.364. The van der Waals surface area contributed by atoms with Crippen LogP contribution in [0.5, 0.6) is 5.75 Å². The first-order valence-electron chi connectivity index (χ1n) is 5.37. The van der Waals surface area contributed by atoms with Crippen LogP contribution in [0.15, 0.2) is 12.1 Å². The molecular weight excluding hydrogens is 317 g/mol. The maximum atomic E-state index is 12.3. The van der Waals surface area contributed by atoms with Gasteiger partial charge in [-0.1, -0.05) is 6.07 Å². The lowest BCUT2D eigenvalue weighted by Gasteiger charge is -2.16. The van der Waals surface area contributed by atoms with E-state index in [9.17, 15) is 26.4 Å². The zero-order valence-corrected chi connectivity index (χ0v) is 11.7. The minimum atomic E-state index is -5.92. The number of rotatable bonds is 4. The second-order valence-electron chi connectivity index (χ2n) is 3.86. The Balaban J connectivity index is 3.44. The number of hydrogen-bond donors (Lipinski definition) is 1. The predicted molar refractivity (Wildman–Crippen MR) is 64.0 cm³/mol. The van der Waals surface area contributed by atoms with Crippen molar-refractivity contribution in [1.82, 2.24) is 0 Å². The summed E-state index contributed by atoms with van der Waals surface area (Å²) in [6, 6.07) is 2.25. The van der Waals surface area contributed by atoms with Crippen LogP contribution in [-0.2, 0) is 21.5 Å². The van der Waals surface area contributed by atoms with Crippen LogP contribution in [0.3, 0.4) is 0 Å². The first kappa shape index (κ1) is 17.2. The van der Waals surface area contributed by atoms with E-state index in [0.29, 0.717) is 0 Å². The summed E-state index contributed by atoms with van der Waals surface area (Å²) < 4.78 is 67.6. The first-order chi connectivity index (χ1) is 9.55. The number of esters is 1. The topological polar surface area (TPSA) is 89.9 Å². The van der Waals surface area contributed by atoms with Crippen molar-refractivity contribution in [2.45, 2.75) is 19.0 Å². The molecule has 1 rings (SSSR count). The van der Waals surface area contributed by atoms with Crippen molar-refractivity contribution >= 4 is 16.1 Å². The molecule has 0 aliphatic heterocycles. The van der Waals surface area contributed by atoms with E-state index in [1.54, 1.807) is 0 Å². The second kappa shape index (κ2) is 5.90. The van der Waals surface area contributed by atoms with Gasteiger partial charge in [0.1, 0.15) is 0 Å². The van der Waals surface area contributed by atoms with Gasteiger partial charge in [0.2, 0.25) is 0 Å². The van der Waals surface area contributed by atoms with Gasteiger partial charge in [0.05, 0.1) is 19.3 Å². The van der Waals surface area contributed by atoms with E-state index in [1.807, 2.05) is 0 Å². The molecule has 0 aromatic heterocycles. The van der Waals surface area contributed by atoms with Gasteiger partial charge in [-0.2, -0.15) is 21.6 Å². The number of benzene rings is 1. The normalized spacial score (nSPS) is 12.1. The summed E-state index contributed by atoms with van der Waals surface area (Å²) in [4.78, 5) is 11.4. The Hall–Kier alpha value is -1.81. The average molecular weight is 328 g/mol. The molecule has 1 aromatic rings. The second-order valence-corrected chi connectivity index (χ2v) is 5.40. The Kier molecular flexibility index (Phi) is 4.84. The van der Waals surface area contributed by atoms with Crippen LogP contribution in [-0.4, -0.2) is 32.1 Å². The van der Waals surface area contributed by atoms with Crippen molar-refractivity contribution in [1.29, 1.82) is 0 Å². The van der Waals surface area contributed by atoms with Crippen molar-refractivity contribution in [2.24, 2.45) is 0 Å². The number of ether oxygens (including phenoxy) is 1. The number of hydrogen-bond acceptors (Lipinski definition) is 6. The van der Waals surface area contributed by atoms with Crippen LogP contribution >= 0.6 is 0 Å². The third-order valence-corrected chi connectivity index (χ3v) is 3.49. The van der Waals surface area contributed by atoms with Gasteiger partial charge in [0, 0.05) is 11.1 Å². The van der Waals surface area contributed by atoms with Crippen LogP contribution in [0.4, 0.5) is 13.2 Å². The quantitative estimate of drug-likeness (QED) is 0.512. The SMILES string of the molecule is COC(=O)c1ccc(CO)c(OS(=O)(=O)C(F)(F)F)c1C. The van der Waals surface area contributed by atoms with E-state index in [0.717, 1.165) is 13.2 Å². The molecule has 0 spiro atoms. The van der Waals surface area contributed by atoms with E-state index in [4.69, 9.17) is 5.11 Å². The summed E-state index contributed by atoms with van der Waals surface area (Å²) >= 11 is 0. The fourth-order valence-electron chi connectivity index (χ4n) is 1.48. The van der Waals surface area contributed by atoms with Gasteiger partial charge in [-0.3, -0.25) is 0 Å². The Morgan fingerprint density at radius 1 is 1.33 bits per heavy atom. The summed E-state index contributed by atoms with van der Waals surface area (Å²) in [5.74, 6) is -1.64. The Labute approximate surface area is 118 Å². The Morgan fingerprint density at radius 3 is 2.33 bits per heavy atom. The Bertz CT molecular complexity index is 651. The number of halogens is 3. The van der Waals surface area contributed by atoms with Crippen molar-refractivity contribution in [3.8, 4) is 5.75 Å². The van der Waals surface area contributed by atoms with Crippen molar-refractivity contribution in [3.05, 3.63) is 28.8 Å². The summed E-state index contributed by atoms with van der Waals surface area (Å²) in [7, 11) is -4.87. The van der Waals surface area contributed by atoms with E-state index < -0.39 is 34.0 Å². The number of aliphatic hydroxyl groups is 1. The largest absolute Gasteiger partial charge is 0.534 e. The highest BCUT2D eigenvalue weighted by Crippen LogP contribution is 2.33. The molecule has 0 saturated heterocycles. The lowest BCUT2D eigenvalue weighted by Crippen LogP contribution is -2.29. The summed E-state index contributed by atoms with van der Waals surface area (Å²) in [6.45, 7) is 0.400. The monoisotopic (exact) mass is 328 g/mol. The number of carbonyl (C=O) groups is 1. The number of alkyl halides is 3. The molecule has 1 aromatic carbocycles. The molecule has 0 radical (unpaired) electrons. The van der Waals surface area contributed by atoms with Gasteiger partial charge >= 0.3 is 21.6 Å². The van der Waals surface area contributed by atoms with Gasteiger partial charge in [0.15, 0.2) is 5.75 Å². The third kappa shape index (κ3) is 3.45. The molecule has 118 valence electrons. The molecule has 21 heavy (non-hydrogen) atoms. The maximum absolute atomic E-state index is 12.3. The molecule has 0 aliphatic rings.